The van der Waals surface area contributed by atoms with Crippen molar-refractivity contribution in [2.45, 2.75) is 12.0 Å². The number of para-hydroxylation sites is 1. The van der Waals surface area contributed by atoms with Crippen molar-refractivity contribution in [2.24, 2.45) is 0 Å². The van der Waals surface area contributed by atoms with Gasteiger partial charge in [0.1, 0.15) is 23.9 Å². The molecule has 136 valence electrons. The molecule has 2 aliphatic rings. The summed E-state index contributed by atoms with van der Waals surface area (Å²) in [6, 6.07) is 22.5. The number of hydrogen-bond acceptors (Lipinski definition) is 5. The first-order chi connectivity index (χ1) is 13.8. The van der Waals surface area contributed by atoms with E-state index >= 15 is 0 Å². The number of rotatable bonds is 3. The van der Waals surface area contributed by atoms with Gasteiger partial charge in [0.15, 0.2) is 5.60 Å². The average Bonchev–Trinajstić information content (AvgIpc) is 3.02. The van der Waals surface area contributed by atoms with Gasteiger partial charge in [0.25, 0.3) is 0 Å². The van der Waals surface area contributed by atoms with Gasteiger partial charge in [-0.25, -0.2) is 4.79 Å². The van der Waals surface area contributed by atoms with Crippen LogP contribution in [-0.2, 0) is 10.3 Å². The highest BCUT2D eigenvalue weighted by Crippen LogP contribution is 2.58. The van der Waals surface area contributed by atoms with Gasteiger partial charge < -0.3 is 14.2 Å². The van der Waals surface area contributed by atoms with Gasteiger partial charge in [-0.05, 0) is 24.3 Å². The summed E-state index contributed by atoms with van der Waals surface area (Å²) in [5, 5.41) is 8.86. The lowest BCUT2D eigenvalue weighted by Gasteiger charge is -2.37. The van der Waals surface area contributed by atoms with Crippen LogP contribution >= 0.6 is 0 Å². The topological polar surface area (TPSA) is 68.5 Å². The fourth-order valence-electron chi connectivity index (χ4n) is 3.97. The van der Waals surface area contributed by atoms with E-state index in [1.54, 1.807) is 6.07 Å². The van der Waals surface area contributed by atoms with Crippen LogP contribution in [-0.4, -0.2) is 12.6 Å². The molecule has 2 aliphatic heterocycles. The van der Waals surface area contributed by atoms with E-state index in [2.05, 4.69) is 6.07 Å². The Morgan fingerprint density at radius 1 is 0.929 bits per heavy atom. The summed E-state index contributed by atoms with van der Waals surface area (Å²) in [6.45, 7) is 0.236. The maximum atomic E-state index is 12.8. The number of esters is 1. The summed E-state index contributed by atoms with van der Waals surface area (Å²) in [5.74, 6) is 1.35. The molecule has 0 aliphatic carbocycles. The zero-order chi connectivity index (χ0) is 19.1. The number of carbonyl (C=O) groups is 1. The van der Waals surface area contributed by atoms with Gasteiger partial charge in [-0.3, -0.25) is 0 Å². The van der Waals surface area contributed by atoms with Crippen LogP contribution in [0.25, 0.3) is 0 Å². The van der Waals surface area contributed by atoms with Crippen LogP contribution in [0.2, 0.25) is 0 Å². The molecular formula is C23H15NO4. The standard InChI is InChI=1S/C23H15NO4/c24-13-6-14-26-19-11-5-12-20-21(19)23(17-9-3-4-10-18(17)27-20)16-8-2-1-7-15(16)22(25)28-23/h1-5,7-12H,6,14H2. The lowest BCUT2D eigenvalue weighted by Crippen LogP contribution is -2.33. The second kappa shape index (κ2) is 6.14. The van der Waals surface area contributed by atoms with Crippen LogP contribution in [0.15, 0.2) is 66.7 Å². The van der Waals surface area contributed by atoms with Crippen LogP contribution < -0.4 is 9.47 Å². The summed E-state index contributed by atoms with van der Waals surface area (Å²) in [5.41, 5.74) is 1.52. The SMILES string of the molecule is N#CCCOc1cccc2c1C1(OC(=O)c3ccccc31)c1ccccc1O2. The van der Waals surface area contributed by atoms with Crippen molar-refractivity contribution in [3.05, 3.63) is 89.0 Å². The first-order valence-corrected chi connectivity index (χ1v) is 8.99. The Balaban J connectivity index is 1.82. The quantitative estimate of drug-likeness (QED) is 0.500. The molecule has 0 saturated carbocycles. The third kappa shape index (κ3) is 2.15. The Morgan fingerprint density at radius 3 is 2.54 bits per heavy atom. The van der Waals surface area contributed by atoms with Crippen molar-refractivity contribution in [3.8, 4) is 23.3 Å². The zero-order valence-corrected chi connectivity index (χ0v) is 14.8. The molecule has 2 heterocycles. The minimum atomic E-state index is -1.15. The summed E-state index contributed by atoms with van der Waals surface area (Å²) in [6.07, 6.45) is 0.254. The van der Waals surface area contributed by atoms with E-state index in [0.29, 0.717) is 28.4 Å². The van der Waals surface area contributed by atoms with Gasteiger partial charge in [0, 0.05) is 11.1 Å². The third-order valence-electron chi connectivity index (χ3n) is 5.07. The Labute approximate surface area is 161 Å². The summed E-state index contributed by atoms with van der Waals surface area (Å²) >= 11 is 0. The van der Waals surface area contributed by atoms with E-state index < -0.39 is 5.60 Å². The van der Waals surface area contributed by atoms with Crippen LogP contribution in [0.5, 0.6) is 17.2 Å². The molecule has 1 atom stereocenters. The van der Waals surface area contributed by atoms with Crippen molar-refractivity contribution in [2.75, 3.05) is 6.61 Å². The first-order valence-electron chi connectivity index (χ1n) is 8.99. The van der Waals surface area contributed by atoms with Gasteiger partial charge >= 0.3 is 5.97 Å². The van der Waals surface area contributed by atoms with E-state index in [1.807, 2.05) is 60.7 Å². The molecule has 0 N–H and O–H groups in total. The molecule has 0 fully saturated rings. The van der Waals surface area contributed by atoms with E-state index in [0.717, 1.165) is 11.1 Å². The van der Waals surface area contributed by atoms with Crippen LogP contribution in [0, 0.1) is 11.3 Å². The molecule has 5 rings (SSSR count). The number of fused-ring (bicyclic) bond motifs is 6. The summed E-state index contributed by atoms with van der Waals surface area (Å²) in [4.78, 5) is 12.8. The monoisotopic (exact) mass is 369 g/mol. The molecule has 0 bridgehead atoms. The van der Waals surface area contributed by atoms with E-state index in [4.69, 9.17) is 19.5 Å². The average molecular weight is 369 g/mol. The minimum Gasteiger partial charge on any atom is -0.492 e. The van der Waals surface area contributed by atoms with Crippen LogP contribution in [0.1, 0.15) is 33.5 Å². The number of nitriles is 1. The molecule has 0 saturated heterocycles. The first kappa shape index (κ1) is 16.4. The number of carbonyl (C=O) groups excluding carboxylic acids is 1. The Morgan fingerprint density at radius 2 is 1.68 bits per heavy atom. The van der Waals surface area contributed by atoms with Gasteiger partial charge in [0.2, 0.25) is 0 Å². The van der Waals surface area contributed by atoms with Gasteiger partial charge in [-0.1, -0.05) is 42.5 Å². The summed E-state index contributed by atoms with van der Waals surface area (Å²) in [7, 11) is 0. The summed E-state index contributed by atoms with van der Waals surface area (Å²) < 4.78 is 18.1. The molecule has 3 aromatic rings. The molecule has 0 aromatic heterocycles. The number of hydrogen-bond donors (Lipinski definition) is 0. The lowest BCUT2D eigenvalue weighted by molar-refractivity contribution is 0.0215. The second-order valence-electron chi connectivity index (χ2n) is 6.60. The van der Waals surface area contributed by atoms with Crippen molar-refractivity contribution >= 4 is 5.97 Å². The Kier molecular flexibility index (Phi) is 3.59. The molecule has 3 aromatic carbocycles. The highest BCUT2D eigenvalue weighted by Gasteiger charge is 2.54. The third-order valence-corrected chi connectivity index (χ3v) is 5.07. The van der Waals surface area contributed by atoms with Crippen molar-refractivity contribution in [1.29, 1.82) is 5.26 Å². The van der Waals surface area contributed by atoms with E-state index in [-0.39, 0.29) is 19.0 Å². The van der Waals surface area contributed by atoms with E-state index in [9.17, 15) is 4.79 Å². The highest BCUT2D eigenvalue weighted by atomic mass is 16.6. The maximum Gasteiger partial charge on any atom is 0.340 e. The molecule has 5 nitrogen and oxygen atoms in total. The molecule has 0 radical (unpaired) electrons. The van der Waals surface area contributed by atoms with Gasteiger partial charge in [-0.2, -0.15) is 5.26 Å². The fraction of sp³-hybridized carbons (Fsp3) is 0.130. The molecule has 5 heteroatoms. The molecule has 1 unspecified atom stereocenters. The smallest absolute Gasteiger partial charge is 0.340 e. The predicted octanol–water partition coefficient (Wildman–Crippen LogP) is 4.55. The number of ether oxygens (including phenoxy) is 3. The lowest BCUT2D eigenvalue weighted by atomic mass is 9.77. The fourth-order valence-corrected chi connectivity index (χ4v) is 3.97. The zero-order valence-electron chi connectivity index (χ0n) is 14.8. The highest BCUT2D eigenvalue weighted by molar-refractivity contribution is 5.97. The van der Waals surface area contributed by atoms with Gasteiger partial charge in [0.05, 0.1) is 23.6 Å². The largest absolute Gasteiger partial charge is 0.492 e. The van der Waals surface area contributed by atoms with Gasteiger partial charge in [-0.15, -0.1) is 0 Å². The van der Waals surface area contributed by atoms with Crippen LogP contribution in [0.3, 0.4) is 0 Å². The molecule has 1 spiro atoms. The van der Waals surface area contributed by atoms with Crippen LogP contribution in [0.4, 0.5) is 0 Å². The predicted molar refractivity (Wildman–Crippen MR) is 100 cm³/mol. The molecule has 0 amide bonds. The minimum absolute atomic E-state index is 0.236. The maximum absolute atomic E-state index is 12.8. The second-order valence-corrected chi connectivity index (χ2v) is 6.60. The van der Waals surface area contributed by atoms with Crippen molar-refractivity contribution < 1.29 is 19.0 Å². The van der Waals surface area contributed by atoms with Crippen molar-refractivity contribution in [1.82, 2.24) is 0 Å². The van der Waals surface area contributed by atoms with E-state index in [1.165, 1.54) is 0 Å². The van der Waals surface area contributed by atoms with Crippen molar-refractivity contribution in [3.63, 3.8) is 0 Å². The Hall–Kier alpha value is -3.78. The number of benzene rings is 3. The molecular weight excluding hydrogens is 354 g/mol. The Bertz CT molecular complexity index is 1150. The normalized spacial score (nSPS) is 18.3. The number of nitrogens with zero attached hydrogens (tertiary/aromatic N) is 1. The molecule has 28 heavy (non-hydrogen) atoms.